The van der Waals surface area contributed by atoms with Crippen molar-refractivity contribution in [2.75, 3.05) is 27.2 Å². The van der Waals surface area contributed by atoms with Gasteiger partial charge in [-0.05, 0) is 39.4 Å². The van der Waals surface area contributed by atoms with Gasteiger partial charge in [0.25, 0.3) is 0 Å². The first kappa shape index (κ1) is 10.0. The molecule has 1 heterocycles. The molecule has 72 valence electrons. The molecule has 1 aliphatic heterocycles. The molecule has 0 saturated carbocycles. The quantitative estimate of drug-likeness (QED) is 0.687. The van der Waals surface area contributed by atoms with Crippen molar-refractivity contribution < 1.29 is 0 Å². The maximum Gasteiger partial charge on any atom is 0.0342 e. The van der Waals surface area contributed by atoms with Crippen LogP contribution in [-0.4, -0.2) is 37.6 Å². The maximum absolute atomic E-state index is 3.46. The summed E-state index contributed by atoms with van der Waals surface area (Å²) in [4.78, 5) is 2.40. The molecule has 1 unspecified atom stereocenters. The third kappa shape index (κ3) is 1.99. The molecule has 1 N–H and O–H groups in total. The molecule has 0 aromatic carbocycles. The highest BCUT2D eigenvalue weighted by Crippen LogP contribution is 2.28. The van der Waals surface area contributed by atoms with Crippen molar-refractivity contribution in [1.29, 1.82) is 0 Å². The van der Waals surface area contributed by atoms with E-state index >= 15 is 0 Å². The van der Waals surface area contributed by atoms with Crippen LogP contribution in [-0.2, 0) is 0 Å². The van der Waals surface area contributed by atoms with E-state index in [1.165, 1.54) is 19.4 Å². The Morgan fingerprint density at radius 1 is 1.42 bits per heavy atom. The lowest BCUT2D eigenvalue weighted by Crippen LogP contribution is -2.47. The molecule has 12 heavy (non-hydrogen) atoms. The summed E-state index contributed by atoms with van der Waals surface area (Å²) in [6.07, 6.45) is 2.62. The first-order chi connectivity index (χ1) is 5.57. The van der Waals surface area contributed by atoms with Gasteiger partial charge in [0.1, 0.15) is 0 Å². The number of rotatable bonds is 3. The molecular weight excluding hydrogens is 148 g/mol. The molecule has 1 rings (SSSR count). The summed E-state index contributed by atoms with van der Waals surface area (Å²) < 4.78 is 0. The number of nitrogens with one attached hydrogen (secondary N) is 1. The summed E-state index contributed by atoms with van der Waals surface area (Å²) in [5.74, 6) is 0.798. The van der Waals surface area contributed by atoms with Gasteiger partial charge in [0.15, 0.2) is 0 Å². The summed E-state index contributed by atoms with van der Waals surface area (Å²) in [7, 11) is 4.41. The van der Waals surface area contributed by atoms with Gasteiger partial charge >= 0.3 is 0 Å². The van der Waals surface area contributed by atoms with Crippen LogP contribution in [0, 0.1) is 5.92 Å². The zero-order chi connectivity index (χ0) is 9.19. The predicted molar refractivity (Wildman–Crippen MR) is 53.4 cm³/mol. The van der Waals surface area contributed by atoms with Gasteiger partial charge in [0, 0.05) is 12.1 Å². The fourth-order valence-corrected chi connectivity index (χ4v) is 2.23. The Kier molecular flexibility index (Phi) is 3.13. The summed E-state index contributed by atoms with van der Waals surface area (Å²) in [6.45, 7) is 6.97. The van der Waals surface area contributed by atoms with E-state index in [0.29, 0.717) is 5.54 Å². The fourth-order valence-electron chi connectivity index (χ4n) is 2.23. The predicted octanol–water partition coefficient (Wildman–Crippen LogP) is 1.33. The van der Waals surface area contributed by atoms with Crippen LogP contribution in [0.4, 0.5) is 0 Å². The Labute approximate surface area is 76.3 Å². The maximum atomic E-state index is 3.46. The van der Waals surface area contributed by atoms with E-state index in [2.05, 4.69) is 38.2 Å². The SMILES string of the molecule is CC(C)CC1(N(C)C)CCNC1. The first-order valence-electron chi connectivity index (χ1n) is 4.95. The van der Waals surface area contributed by atoms with E-state index in [0.717, 1.165) is 12.5 Å². The Hall–Kier alpha value is -0.0800. The van der Waals surface area contributed by atoms with Crippen molar-refractivity contribution in [1.82, 2.24) is 10.2 Å². The van der Waals surface area contributed by atoms with Crippen LogP contribution in [0.3, 0.4) is 0 Å². The Morgan fingerprint density at radius 2 is 2.08 bits per heavy atom. The third-order valence-electron chi connectivity index (χ3n) is 2.96. The van der Waals surface area contributed by atoms with Gasteiger partial charge in [0.2, 0.25) is 0 Å². The van der Waals surface area contributed by atoms with Gasteiger partial charge in [-0.25, -0.2) is 0 Å². The first-order valence-corrected chi connectivity index (χ1v) is 4.95. The lowest BCUT2D eigenvalue weighted by atomic mass is 9.87. The van der Waals surface area contributed by atoms with Crippen LogP contribution in [0.2, 0.25) is 0 Å². The van der Waals surface area contributed by atoms with E-state index in [4.69, 9.17) is 0 Å². The molecule has 0 aromatic rings. The molecule has 2 nitrogen and oxygen atoms in total. The lowest BCUT2D eigenvalue weighted by molar-refractivity contribution is 0.142. The van der Waals surface area contributed by atoms with Crippen molar-refractivity contribution in [3.8, 4) is 0 Å². The molecule has 1 atom stereocenters. The summed E-state index contributed by atoms with van der Waals surface area (Å²) >= 11 is 0. The summed E-state index contributed by atoms with van der Waals surface area (Å²) in [5.41, 5.74) is 0.439. The summed E-state index contributed by atoms with van der Waals surface area (Å²) in [6, 6.07) is 0. The van der Waals surface area contributed by atoms with E-state index in [9.17, 15) is 0 Å². The highest BCUT2D eigenvalue weighted by atomic mass is 15.2. The molecule has 1 aliphatic rings. The van der Waals surface area contributed by atoms with E-state index in [1.54, 1.807) is 0 Å². The minimum Gasteiger partial charge on any atom is -0.315 e. The monoisotopic (exact) mass is 170 g/mol. The minimum absolute atomic E-state index is 0.439. The lowest BCUT2D eigenvalue weighted by Gasteiger charge is -2.37. The average Bonchev–Trinajstić information content (AvgIpc) is 2.35. The van der Waals surface area contributed by atoms with Crippen LogP contribution in [0.25, 0.3) is 0 Å². The average molecular weight is 170 g/mol. The zero-order valence-corrected chi connectivity index (χ0v) is 8.85. The number of nitrogens with zero attached hydrogens (tertiary/aromatic N) is 1. The highest BCUT2D eigenvalue weighted by molar-refractivity contribution is 4.95. The second-order valence-electron chi connectivity index (χ2n) is 4.64. The molecular formula is C10H22N2. The second-order valence-corrected chi connectivity index (χ2v) is 4.64. The van der Waals surface area contributed by atoms with E-state index in [1.807, 2.05) is 0 Å². The molecule has 0 bridgehead atoms. The number of likely N-dealkylation sites (N-methyl/N-ethyl adjacent to an activating group) is 1. The van der Waals surface area contributed by atoms with Crippen molar-refractivity contribution in [2.45, 2.75) is 32.2 Å². The zero-order valence-electron chi connectivity index (χ0n) is 8.85. The molecule has 0 aliphatic carbocycles. The molecule has 0 spiro atoms. The smallest absolute Gasteiger partial charge is 0.0342 e. The molecule has 0 aromatic heterocycles. The highest BCUT2D eigenvalue weighted by Gasteiger charge is 2.35. The standard InChI is InChI=1S/C10H22N2/c1-9(2)7-10(12(3)4)5-6-11-8-10/h9,11H,5-8H2,1-4H3. The second kappa shape index (κ2) is 3.75. The van der Waals surface area contributed by atoms with Gasteiger partial charge in [-0.3, -0.25) is 0 Å². The molecule has 0 amide bonds. The van der Waals surface area contributed by atoms with Crippen LogP contribution >= 0.6 is 0 Å². The minimum atomic E-state index is 0.439. The Morgan fingerprint density at radius 3 is 2.42 bits per heavy atom. The van der Waals surface area contributed by atoms with Gasteiger partial charge in [0.05, 0.1) is 0 Å². The molecule has 2 heteroatoms. The van der Waals surface area contributed by atoms with Gasteiger partial charge < -0.3 is 10.2 Å². The van der Waals surface area contributed by atoms with Crippen LogP contribution in [0.15, 0.2) is 0 Å². The van der Waals surface area contributed by atoms with Crippen molar-refractivity contribution in [3.05, 3.63) is 0 Å². The number of hydrogen-bond acceptors (Lipinski definition) is 2. The van der Waals surface area contributed by atoms with Crippen LogP contribution in [0.1, 0.15) is 26.7 Å². The molecule has 1 saturated heterocycles. The van der Waals surface area contributed by atoms with Crippen LogP contribution < -0.4 is 5.32 Å². The van der Waals surface area contributed by atoms with Crippen molar-refractivity contribution in [2.24, 2.45) is 5.92 Å². The van der Waals surface area contributed by atoms with Gasteiger partial charge in [-0.1, -0.05) is 13.8 Å². The van der Waals surface area contributed by atoms with Gasteiger partial charge in [-0.15, -0.1) is 0 Å². The fraction of sp³-hybridized carbons (Fsp3) is 1.00. The third-order valence-corrected chi connectivity index (χ3v) is 2.96. The van der Waals surface area contributed by atoms with Crippen molar-refractivity contribution >= 4 is 0 Å². The largest absolute Gasteiger partial charge is 0.315 e. The molecule has 1 fully saturated rings. The Bertz CT molecular complexity index is 135. The number of hydrogen-bond donors (Lipinski definition) is 1. The summed E-state index contributed by atoms with van der Waals surface area (Å²) in [5, 5.41) is 3.46. The normalized spacial score (nSPS) is 30.5. The molecule has 0 radical (unpaired) electrons. The topological polar surface area (TPSA) is 15.3 Å². The van der Waals surface area contributed by atoms with Crippen LogP contribution in [0.5, 0.6) is 0 Å². The van der Waals surface area contributed by atoms with Crippen molar-refractivity contribution in [3.63, 3.8) is 0 Å². The van der Waals surface area contributed by atoms with E-state index < -0.39 is 0 Å². The Balaban J connectivity index is 2.59. The van der Waals surface area contributed by atoms with Gasteiger partial charge in [-0.2, -0.15) is 0 Å². The van der Waals surface area contributed by atoms with E-state index in [-0.39, 0.29) is 0 Å².